The van der Waals surface area contributed by atoms with E-state index < -0.39 is 0 Å². The van der Waals surface area contributed by atoms with Crippen molar-refractivity contribution in [3.63, 3.8) is 0 Å². The Balaban J connectivity index is 0.00000125. The molecule has 4 heterocycles. The Bertz CT molecular complexity index is 2390. The number of aromatic nitrogens is 3. The summed E-state index contributed by atoms with van der Waals surface area (Å²) in [6.45, 7) is 4.00. The number of rotatable bonds is 2. The van der Waals surface area contributed by atoms with E-state index >= 15 is 0 Å². The van der Waals surface area contributed by atoms with Crippen LogP contribution in [0.3, 0.4) is 0 Å². The minimum absolute atomic E-state index is 1.05. The van der Waals surface area contributed by atoms with Crippen molar-refractivity contribution < 1.29 is 0 Å². The van der Waals surface area contributed by atoms with Crippen LogP contribution in [-0.2, 0) is 0 Å². The second-order valence-corrected chi connectivity index (χ2v) is 11.1. The monoisotopic (exact) mass is 545 g/mol. The van der Waals surface area contributed by atoms with Gasteiger partial charge in [0.2, 0.25) is 0 Å². The Morgan fingerprint density at radius 2 is 1.15 bits per heavy atom. The van der Waals surface area contributed by atoms with Gasteiger partial charge in [-0.15, -0.1) is 11.3 Å². The van der Waals surface area contributed by atoms with E-state index in [0.29, 0.717) is 0 Å². The van der Waals surface area contributed by atoms with E-state index in [-0.39, 0.29) is 0 Å². The number of nitrogens with zero attached hydrogens (tertiary/aromatic N) is 3. The van der Waals surface area contributed by atoms with E-state index in [1.165, 1.54) is 64.1 Å². The summed E-state index contributed by atoms with van der Waals surface area (Å²) in [6, 6.07) is 43.5. The summed E-state index contributed by atoms with van der Waals surface area (Å²) in [7, 11) is 0. The van der Waals surface area contributed by atoms with E-state index in [2.05, 4.69) is 137 Å². The molecule has 0 spiro atoms. The summed E-state index contributed by atoms with van der Waals surface area (Å²) < 4.78 is 7.36. The molecule has 0 saturated carbocycles. The molecule has 0 saturated heterocycles. The zero-order valence-electron chi connectivity index (χ0n) is 22.9. The van der Waals surface area contributed by atoms with Gasteiger partial charge in [0.15, 0.2) is 0 Å². The molecule has 0 amide bonds. The Morgan fingerprint density at radius 3 is 1.95 bits per heavy atom. The van der Waals surface area contributed by atoms with Crippen molar-refractivity contribution in [1.29, 1.82) is 0 Å². The molecule has 0 aliphatic heterocycles. The number of fused-ring (bicyclic) bond motifs is 10. The minimum atomic E-state index is 1.05. The highest BCUT2D eigenvalue weighted by molar-refractivity contribution is 7.26. The fourth-order valence-corrected chi connectivity index (χ4v) is 7.50. The van der Waals surface area contributed by atoms with Crippen LogP contribution in [-0.4, -0.2) is 14.1 Å². The summed E-state index contributed by atoms with van der Waals surface area (Å²) in [5.74, 6) is 0. The molecule has 0 bridgehead atoms. The van der Waals surface area contributed by atoms with Crippen LogP contribution in [0.15, 0.2) is 128 Å². The number of thiophene rings is 1. The molecule has 5 aromatic carbocycles. The maximum Gasteiger partial charge on any atom is 0.0978 e. The molecule has 0 N–H and O–H groups in total. The van der Waals surface area contributed by atoms with Crippen molar-refractivity contribution in [3.8, 4) is 11.4 Å². The lowest BCUT2D eigenvalue weighted by atomic mass is 10.1. The van der Waals surface area contributed by atoms with E-state index in [1.54, 1.807) is 0 Å². The van der Waals surface area contributed by atoms with E-state index in [1.807, 2.05) is 25.2 Å². The molecule has 9 rings (SSSR count). The summed E-state index contributed by atoms with van der Waals surface area (Å²) in [6.07, 6.45) is 2.06. The van der Waals surface area contributed by atoms with Crippen molar-refractivity contribution in [1.82, 2.24) is 14.1 Å². The fourth-order valence-electron chi connectivity index (χ4n) is 6.28. The predicted octanol–water partition coefficient (Wildman–Crippen LogP) is 10.7. The maximum atomic E-state index is 5.04. The second-order valence-electron chi connectivity index (χ2n) is 10.0. The molecule has 0 fully saturated rings. The van der Waals surface area contributed by atoms with Crippen molar-refractivity contribution in [2.45, 2.75) is 13.8 Å². The first-order valence-corrected chi connectivity index (χ1v) is 15.0. The van der Waals surface area contributed by atoms with Gasteiger partial charge in [0.1, 0.15) is 0 Å². The highest BCUT2D eigenvalue weighted by Gasteiger charge is 2.20. The first kappa shape index (κ1) is 23.9. The first-order chi connectivity index (χ1) is 20.4. The summed E-state index contributed by atoms with van der Waals surface area (Å²) in [5.41, 5.74) is 8.15. The van der Waals surface area contributed by atoms with Crippen LogP contribution in [0.2, 0.25) is 0 Å². The standard InChI is InChI=1S/C35H21N3S.C2H6/c1-2-10-22(11-3-1)37-29-15-7-4-12-24(29)27-20-23(18-19-31(27)37)38-30-16-8-5-14-26(30)33-34(38)35-28(21-36-33)25-13-6-9-17-32(25)39-35;1-2/h1-21H;1-2H3. The number of hydrogen-bond acceptors (Lipinski definition) is 2. The third-order valence-corrected chi connectivity index (χ3v) is 9.14. The Labute approximate surface area is 241 Å². The van der Waals surface area contributed by atoms with Crippen LogP contribution in [0.1, 0.15) is 13.8 Å². The lowest BCUT2D eigenvalue weighted by Gasteiger charge is -2.10. The van der Waals surface area contributed by atoms with Gasteiger partial charge in [-0.25, -0.2) is 0 Å². The zero-order chi connectivity index (χ0) is 27.5. The lowest BCUT2D eigenvalue weighted by Crippen LogP contribution is -1.96. The molecule has 0 aliphatic carbocycles. The van der Waals surface area contributed by atoms with Crippen molar-refractivity contribution in [2.75, 3.05) is 0 Å². The number of hydrogen-bond donors (Lipinski definition) is 0. The zero-order valence-corrected chi connectivity index (χ0v) is 23.7. The maximum absolute atomic E-state index is 5.04. The molecule has 9 aromatic rings. The summed E-state index contributed by atoms with van der Waals surface area (Å²) >= 11 is 1.86. The number of para-hydroxylation sites is 3. The quantitative estimate of drug-likeness (QED) is 0.212. The molecule has 0 atom stereocenters. The summed E-state index contributed by atoms with van der Waals surface area (Å²) in [4.78, 5) is 5.04. The van der Waals surface area contributed by atoms with Crippen LogP contribution >= 0.6 is 11.3 Å². The average molecular weight is 546 g/mol. The van der Waals surface area contributed by atoms with Crippen molar-refractivity contribution in [2.24, 2.45) is 0 Å². The smallest absolute Gasteiger partial charge is 0.0978 e. The topological polar surface area (TPSA) is 22.8 Å². The molecular weight excluding hydrogens is 518 g/mol. The first-order valence-electron chi connectivity index (χ1n) is 14.2. The number of pyridine rings is 1. The van der Waals surface area contributed by atoms with Gasteiger partial charge in [0, 0.05) is 49.2 Å². The number of benzene rings is 5. The highest BCUT2D eigenvalue weighted by atomic mass is 32.1. The van der Waals surface area contributed by atoms with Crippen LogP contribution in [0, 0.1) is 0 Å². The van der Waals surface area contributed by atoms with Crippen LogP contribution in [0.4, 0.5) is 0 Å². The van der Waals surface area contributed by atoms with Gasteiger partial charge in [0.05, 0.1) is 32.3 Å². The summed E-state index contributed by atoms with van der Waals surface area (Å²) in [5, 5.41) is 6.16. The third kappa shape index (κ3) is 3.41. The molecular formula is C37H27N3S. The Kier molecular flexibility index (Phi) is 5.44. The molecule has 0 aliphatic rings. The molecule has 4 aromatic heterocycles. The van der Waals surface area contributed by atoms with E-state index in [9.17, 15) is 0 Å². The fraction of sp³-hybridized carbons (Fsp3) is 0.0541. The van der Waals surface area contributed by atoms with Gasteiger partial charge in [-0.05, 0) is 48.5 Å². The van der Waals surface area contributed by atoms with Gasteiger partial charge < -0.3 is 9.13 Å². The Hall–Kier alpha value is -4.93. The van der Waals surface area contributed by atoms with Crippen LogP contribution < -0.4 is 0 Å². The molecule has 0 unspecified atom stereocenters. The SMILES string of the molecule is CC.c1ccc(-n2c3ccccc3c3cc(-n4c5ccccc5c5ncc6c7ccccc7sc6c54)ccc32)cc1. The van der Waals surface area contributed by atoms with Gasteiger partial charge in [-0.1, -0.05) is 86.6 Å². The minimum Gasteiger partial charge on any atom is -0.309 e. The third-order valence-electron chi connectivity index (χ3n) is 7.95. The van der Waals surface area contributed by atoms with Crippen molar-refractivity contribution >= 4 is 75.3 Å². The van der Waals surface area contributed by atoms with Gasteiger partial charge in [-0.2, -0.15) is 0 Å². The second kappa shape index (κ2) is 9.33. The van der Waals surface area contributed by atoms with Gasteiger partial charge >= 0.3 is 0 Å². The predicted molar refractivity (Wildman–Crippen MR) is 177 cm³/mol. The average Bonchev–Trinajstić information content (AvgIpc) is 3.70. The van der Waals surface area contributed by atoms with Crippen molar-refractivity contribution in [3.05, 3.63) is 128 Å². The van der Waals surface area contributed by atoms with E-state index in [0.717, 1.165) is 11.2 Å². The van der Waals surface area contributed by atoms with Crippen LogP contribution in [0.25, 0.3) is 75.3 Å². The highest BCUT2D eigenvalue weighted by Crippen LogP contribution is 2.42. The van der Waals surface area contributed by atoms with Gasteiger partial charge in [0.25, 0.3) is 0 Å². The molecule has 4 heteroatoms. The largest absolute Gasteiger partial charge is 0.309 e. The van der Waals surface area contributed by atoms with Crippen LogP contribution in [0.5, 0.6) is 0 Å². The van der Waals surface area contributed by atoms with Gasteiger partial charge in [-0.3, -0.25) is 4.98 Å². The molecule has 196 valence electrons. The van der Waals surface area contributed by atoms with E-state index in [4.69, 9.17) is 4.98 Å². The molecule has 41 heavy (non-hydrogen) atoms. The lowest BCUT2D eigenvalue weighted by molar-refractivity contribution is 1.17. The Morgan fingerprint density at radius 1 is 0.512 bits per heavy atom. The normalized spacial score (nSPS) is 11.7. The molecule has 0 radical (unpaired) electrons. The molecule has 3 nitrogen and oxygen atoms in total.